The first-order chi connectivity index (χ1) is 8.54. The third-order valence-corrected chi connectivity index (χ3v) is 4.64. The summed E-state index contributed by atoms with van der Waals surface area (Å²) in [4.78, 5) is 25.5. The van der Waals surface area contributed by atoms with Crippen molar-refractivity contribution >= 4 is 11.9 Å². The van der Waals surface area contributed by atoms with E-state index >= 15 is 0 Å². The molecule has 2 fully saturated rings. The molecule has 4 nitrogen and oxygen atoms in total. The number of rotatable bonds is 3. The number of carboxylic acid groups (broad SMARTS) is 1. The fourth-order valence-corrected chi connectivity index (χ4v) is 3.51. The summed E-state index contributed by atoms with van der Waals surface area (Å²) < 4.78 is 0. The van der Waals surface area contributed by atoms with E-state index in [1.54, 1.807) is 0 Å². The second kappa shape index (κ2) is 5.29. The molecule has 1 saturated carbocycles. The maximum absolute atomic E-state index is 12.5. The molecule has 4 unspecified atom stereocenters. The maximum Gasteiger partial charge on any atom is 0.306 e. The van der Waals surface area contributed by atoms with Gasteiger partial charge in [-0.3, -0.25) is 9.59 Å². The van der Waals surface area contributed by atoms with E-state index in [1.165, 1.54) is 0 Å². The van der Waals surface area contributed by atoms with Gasteiger partial charge >= 0.3 is 5.97 Å². The van der Waals surface area contributed by atoms with Gasteiger partial charge in [-0.15, -0.1) is 0 Å². The first kappa shape index (κ1) is 13.4. The van der Waals surface area contributed by atoms with Crippen LogP contribution in [0.4, 0.5) is 0 Å². The normalized spacial score (nSPS) is 36.0. The summed E-state index contributed by atoms with van der Waals surface area (Å²) in [6.07, 6.45) is 5.12. The molecule has 18 heavy (non-hydrogen) atoms. The maximum atomic E-state index is 12.5. The van der Waals surface area contributed by atoms with Crippen LogP contribution in [-0.4, -0.2) is 34.0 Å². The number of carbonyl (C=O) groups is 2. The average molecular weight is 253 g/mol. The van der Waals surface area contributed by atoms with Crippen molar-refractivity contribution in [3.63, 3.8) is 0 Å². The number of hydrogen-bond donors (Lipinski definition) is 1. The molecular weight excluding hydrogens is 230 g/mol. The zero-order chi connectivity index (χ0) is 13.3. The van der Waals surface area contributed by atoms with E-state index < -0.39 is 5.97 Å². The van der Waals surface area contributed by atoms with Gasteiger partial charge in [0.2, 0.25) is 5.91 Å². The molecule has 0 bridgehead atoms. The van der Waals surface area contributed by atoms with Crippen LogP contribution in [0.25, 0.3) is 0 Å². The van der Waals surface area contributed by atoms with Crippen LogP contribution in [0.3, 0.4) is 0 Å². The Labute approximate surface area is 108 Å². The van der Waals surface area contributed by atoms with Crippen LogP contribution in [-0.2, 0) is 9.59 Å². The van der Waals surface area contributed by atoms with Crippen molar-refractivity contribution in [1.29, 1.82) is 0 Å². The molecule has 4 atom stereocenters. The molecule has 4 heteroatoms. The summed E-state index contributed by atoms with van der Waals surface area (Å²) in [5, 5.41) is 9.00. The van der Waals surface area contributed by atoms with Gasteiger partial charge in [-0.2, -0.15) is 0 Å². The van der Waals surface area contributed by atoms with E-state index in [-0.39, 0.29) is 17.7 Å². The molecule has 0 spiro atoms. The zero-order valence-electron chi connectivity index (χ0n) is 11.3. The van der Waals surface area contributed by atoms with Crippen LogP contribution >= 0.6 is 0 Å². The van der Waals surface area contributed by atoms with Crippen LogP contribution in [0.5, 0.6) is 0 Å². The number of aliphatic carboxylic acids is 1. The Balaban J connectivity index is 2.01. The molecule has 2 rings (SSSR count). The van der Waals surface area contributed by atoms with Crippen LogP contribution < -0.4 is 0 Å². The minimum absolute atomic E-state index is 0.0549. The molecule has 0 radical (unpaired) electrons. The largest absolute Gasteiger partial charge is 0.481 e. The van der Waals surface area contributed by atoms with Gasteiger partial charge in [0.05, 0.1) is 5.92 Å². The Bertz CT molecular complexity index is 342. The third-order valence-electron chi connectivity index (χ3n) is 4.64. The molecule has 1 aliphatic heterocycles. The lowest BCUT2D eigenvalue weighted by Crippen LogP contribution is -2.42. The minimum atomic E-state index is -0.744. The number of amides is 1. The summed E-state index contributed by atoms with van der Waals surface area (Å²) in [5.74, 6) is -0.903. The lowest BCUT2D eigenvalue weighted by Gasteiger charge is -2.30. The van der Waals surface area contributed by atoms with Crippen LogP contribution in [0.2, 0.25) is 0 Å². The monoisotopic (exact) mass is 253 g/mol. The highest BCUT2D eigenvalue weighted by Crippen LogP contribution is 2.36. The molecule has 0 aromatic rings. The van der Waals surface area contributed by atoms with Gasteiger partial charge in [0.15, 0.2) is 0 Å². The number of likely N-dealkylation sites (tertiary alicyclic amines) is 1. The molecule has 102 valence electrons. The second-order valence-corrected chi connectivity index (χ2v) is 5.78. The first-order valence-electron chi connectivity index (χ1n) is 7.09. The molecule has 0 aromatic heterocycles. The van der Waals surface area contributed by atoms with Gasteiger partial charge < -0.3 is 10.0 Å². The van der Waals surface area contributed by atoms with Gasteiger partial charge in [-0.1, -0.05) is 6.92 Å². The predicted molar refractivity (Wildman–Crippen MR) is 68.1 cm³/mol. The van der Waals surface area contributed by atoms with Crippen LogP contribution in [0, 0.1) is 11.8 Å². The Kier molecular flexibility index (Phi) is 3.93. The highest BCUT2D eigenvalue weighted by molar-refractivity contribution is 5.81. The van der Waals surface area contributed by atoms with Crippen molar-refractivity contribution in [2.24, 2.45) is 11.8 Å². The third kappa shape index (κ3) is 2.38. The highest BCUT2D eigenvalue weighted by atomic mass is 16.4. The fraction of sp³-hybridized carbons (Fsp3) is 0.857. The van der Waals surface area contributed by atoms with Crippen LogP contribution in [0.15, 0.2) is 0 Å². The smallest absolute Gasteiger partial charge is 0.306 e. The van der Waals surface area contributed by atoms with Gasteiger partial charge in [0.1, 0.15) is 0 Å². The number of hydrogen-bond acceptors (Lipinski definition) is 2. The van der Waals surface area contributed by atoms with Crippen molar-refractivity contribution < 1.29 is 14.7 Å². The summed E-state index contributed by atoms with van der Waals surface area (Å²) >= 11 is 0. The Morgan fingerprint density at radius 2 is 1.83 bits per heavy atom. The molecular formula is C14H23NO3. The molecule has 1 amide bonds. The molecule has 0 aromatic carbocycles. The summed E-state index contributed by atoms with van der Waals surface area (Å²) in [6.45, 7) is 4.23. The van der Waals surface area contributed by atoms with E-state index in [2.05, 4.69) is 13.8 Å². The van der Waals surface area contributed by atoms with E-state index in [0.29, 0.717) is 24.9 Å². The highest BCUT2D eigenvalue weighted by Gasteiger charge is 2.40. The van der Waals surface area contributed by atoms with Crippen molar-refractivity contribution in [2.45, 2.75) is 64.5 Å². The Morgan fingerprint density at radius 3 is 2.39 bits per heavy atom. The molecule has 1 N–H and O–H groups in total. The number of carboxylic acids is 1. The van der Waals surface area contributed by atoms with Gasteiger partial charge in [-0.25, -0.2) is 0 Å². The van der Waals surface area contributed by atoms with E-state index in [0.717, 1.165) is 25.7 Å². The van der Waals surface area contributed by atoms with E-state index in [4.69, 9.17) is 5.11 Å². The van der Waals surface area contributed by atoms with Crippen molar-refractivity contribution in [2.75, 3.05) is 0 Å². The lowest BCUT2D eigenvalue weighted by molar-refractivity contribution is -0.142. The van der Waals surface area contributed by atoms with Crippen molar-refractivity contribution in [3.05, 3.63) is 0 Å². The Hall–Kier alpha value is -1.06. The topological polar surface area (TPSA) is 57.6 Å². The van der Waals surface area contributed by atoms with Crippen LogP contribution in [0.1, 0.15) is 52.4 Å². The van der Waals surface area contributed by atoms with E-state index in [9.17, 15) is 9.59 Å². The predicted octanol–water partition coefficient (Wildman–Crippen LogP) is 2.28. The summed E-state index contributed by atoms with van der Waals surface area (Å²) in [7, 11) is 0. The number of carbonyl (C=O) groups excluding carboxylic acids is 1. The number of nitrogens with zero attached hydrogens (tertiary/aromatic N) is 1. The van der Waals surface area contributed by atoms with Crippen molar-refractivity contribution in [1.82, 2.24) is 4.90 Å². The molecule has 1 saturated heterocycles. The molecule has 1 aliphatic carbocycles. The summed E-state index contributed by atoms with van der Waals surface area (Å²) in [5.41, 5.74) is 0. The second-order valence-electron chi connectivity index (χ2n) is 5.78. The van der Waals surface area contributed by atoms with Gasteiger partial charge in [0.25, 0.3) is 0 Å². The van der Waals surface area contributed by atoms with E-state index in [1.807, 2.05) is 4.90 Å². The standard InChI is InChI=1S/C14H23NO3/c1-3-12-7-4-9(2)15(12)13(16)10-5-6-11(8-10)14(17)18/h9-12H,3-8H2,1-2H3,(H,17,18). The Morgan fingerprint density at radius 1 is 1.17 bits per heavy atom. The molecule has 1 heterocycles. The minimum Gasteiger partial charge on any atom is -0.481 e. The molecule has 2 aliphatic rings. The SMILES string of the molecule is CCC1CCC(C)N1C(=O)C1CCC(C(=O)O)C1. The van der Waals surface area contributed by atoms with Gasteiger partial charge in [-0.05, 0) is 45.4 Å². The average Bonchev–Trinajstić information content (AvgIpc) is 2.94. The lowest BCUT2D eigenvalue weighted by atomic mass is 10.0. The summed E-state index contributed by atoms with van der Waals surface area (Å²) in [6, 6.07) is 0.697. The van der Waals surface area contributed by atoms with Crippen molar-refractivity contribution in [3.8, 4) is 0 Å². The zero-order valence-corrected chi connectivity index (χ0v) is 11.3. The van der Waals surface area contributed by atoms with Gasteiger partial charge in [0, 0.05) is 18.0 Å². The quantitative estimate of drug-likeness (QED) is 0.839. The fourth-order valence-electron chi connectivity index (χ4n) is 3.51. The first-order valence-corrected chi connectivity index (χ1v) is 7.09.